The first kappa shape index (κ1) is 13.8. The number of alkyl halides is 1. The molecule has 1 aromatic carbocycles. The lowest BCUT2D eigenvalue weighted by Gasteiger charge is -2.07. The van der Waals surface area contributed by atoms with Crippen molar-refractivity contribution in [2.24, 2.45) is 0 Å². The van der Waals surface area contributed by atoms with Crippen LogP contribution >= 0.6 is 11.6 Å². The Morgan fingerprint density at radius 1 is 1.14 bits per heavy atom. The summed E-state index contributed by atoms with van der Waals surface area (Å²) >= 11 is 6.12. The maximum atomic E-state index is 8.93. The van der Waals surface area contributed by atoms with Gasteiger partial charge >= 0.3 is 0 Å². The van der Waals surface area contributed by atoms with Crippen LogP contribution in [0.15, 0.2) is 24.3 Å². The number of nitrogens with zero attached hydrogens (tertiary/aromatic N) is 3. The van der Waals surface area contributed by atoms with Gasteiger partial charge in [0.05, 0.1) is 17.3 Å². The van der Waals surface area contributed by atoms with Gasteiger partial charge in [0.25, 0.3) is 0 Å². The van der Waals surface area contributed by atoms with E-state index >= 15 is 0 Å². The highest BCUT2D eigenvalue weighted by Gasteiger charge is 2.36. The van der Waals surface area contributed by atoms with Crippen LogP contribution in [0.5, 0.6) is 0 Å². The molecule has 0 N–H and O–H groups in total. The molecule has 4 heteroatoms. The van der Waals surface area contributed by atoms with Crippen LogP contribution in [0.25, 0.3) is 0 Å². The Morgan fingerprint density at radius 2 is 1.82 bits per heavy atom. The monoisotopic (exact) mass is 311 g/mol. The van der Waals surface area contributed by atoms with E-state index < -0.39 is 0 Å². The number of nitriles is 1. The lowest BCUT2D eigenvalue weighted by molar-refractivity contribution is 0.680. The molecule has 1 aromatic heterocycles. The highest BCUT2D eigenvalue weighted by Crippen LogP contribution is 2.48. The van der Waals surface area contributed by atoms with E-state index in [1.807, 2.05) is 16.8 Å². The van der Waals surface area contributed by atoms with Crippen molar-refractivity contribution in [1.29, 1.82) is 5.26 Å². The van der Waals surface area contributed by atoms with E-state index in [9.17, 15) is 0 Å². The largest absolute Gasteiger partial charge is 0.254 e. The van der Waals surface area contributed by atoms with Crippen molar-refractivity contribution in [3.8, 4) is 6.07 Å². The van der Waals surface area contributed by atoms with Crippen molar-refractivity contribution < 1.29 is 0 Å². The lowest BCUT2D eigenvalue weighted by atomic mass is 9.98. The number of benzene rings is 1. The number of hydrogen-bond donors (Lipinski definition) is 0. The minimum atomic E-state index is 0.443. The maximum Gasteiger partial charge on any atom is 0.115 e. The molecular weight excluding hydrogens is 294 g/mol. The maximum absolute atomic E-state index is 8.93. The van der Waals surface area contributed by atoms with Crippen LogP contribution in [0, 0.1) is 11.3 Å². The topological polar surface area (TPSA) is 41.6 Å². The third-order valence-corrected chi connectivity index (χ3v) is 4.86. The van der Waals surface area contributed by atoms with Gasteiger partial charge in [-0.2, -0.15) is 10.4 Å². The van der Waals surface area contributed by atoms with E-state index in [1.165, 1.54) is 48.2 Å². The van der Waals surface area contributed by atoms with E-state index in [1.54, 1.807) is 0 Å². The zero-order valence-electron chi connectivity index (χ0n) is 12.4. The van der Waals surface area contributed by atoms with Gasteiger partial charge in [0, 0.05) is 29.5 Å². The number of hydrogen-bond acceptors (Lipinski definition) is 2. The molecule has 3 nitrogen and oxygen atoms in total. The Labute approximate surface area is 135 Å². The molecule has 0 saturated heterocycles. The Balaban J connectivity index is 1.72. The highest BCUT2D eigenvalue weighted by molar-refractivity contribution is 6.15. The smallest absolute Gasteiger partial charge is 0.115 e. The molecule has 2 aliphatic rings. The second-order valence-corrected chi connectivity index (χ2v) is 6.64. The zero-order valence-corrected chi connectivity index (χ0v) is 13.2. The summed E-state index contributed by atoms with van der Waals surface area (Å²) in [5.74, 6) is 1.28. The molecule has 2 aromatic rings. The Bertz CT molecular complexity index is 731. The van der Waals surface area contributed by atoms with Gasteiger partial charge in [-0.25, -0.2) is 0 Å². The Hall–Kier alpha value is -1.79. The minimum absolute atomic E-state index is 0.443. The van der Waals surface area contributed by atoms with Gasteiger partial charge in [0.15, 0.2) is 0 Å². The molecular formula is C18H18ClN3. The van der Waals surface area contributed by atoms with Gasteiger partial charge in [0.1, 0.15) is 6.00 Å². The first-order valence-electron chi connectivity index (χ1n) is 7.94. The summed E-state index contributed by atoms with van der Waals surface area (Å²) in [7, 11) is 0. The van der Waals surface area contributed by atoms with Gasteiger partial charge in [-0.1, -0.05) is 12.1 Å². The van der Waals surface area contributed by atoms with E-state index in [0.717, 1.165) is 6.42 Å². The molecule has 112 valence electrons. The molecule has 0 atom stereocenters. The molecule has 4 rings (SSSR count). The highest BCUT2D eigenvalue weighted by atomic mass is 35.5. The van der Waals surface area contributed by atoms with Crippen LogP contribution in [0.1, 0.15) is 65.6 Å². The number of halogens is 1. The van der Waals surface area contributed by atoms with E-state index in [0.29, 0.717) is 23.4 Å². The van der Waals surface area contributed by atoms with Crippen LogP contribution in [0.4, 0.5) is 0 Å². The van der Waals surface area contributed by atoms with Gasteiger partial charge in [0.2, 0.25) is 0 Å². The summed E-state index contributed by atoms with van der Waals surface area (Å²) in [4.78, 5) is 0. The van der Waals surface area contributed by atoms with Crippen LogP contribution in [0.3, 0.4) is 0 Å². The summed E-state index contributed by atoms with van der Waals surface area (Å²) in [5.41, 5.74) is 5.99. The third-order valence-electron chi connectivity index (χ3n) is 4.63. The molecule has 1 heterocycles. The molecule has 0 amide bonds. The number of aromatic nitrogens is 2. The molecule has 0 bridgehead atoms. The lowest BCUT2D eigenvalue weighted by Crippen LogP contribution is -2.02. The fourth-order valence-corrected chi connectivity index (χ4v) is 3.39. The summed E-state index contributed by atoms with van der Waals surface area (Å²) in [6.07, 6.45) is 5.92. The predicted octanol–water partition coefficient (Wildman–Crippen LogP) is 4.30. The van der Waals surface area contributed by atoms with Crippen molar-refractivity contribution in [1.82, 2.24) is 9.78 Å². The fourth-order valence-electron chi connectivity index (χ4n) is 3.20. The van der Waals surface area contributed by atoms with E-state index in [2.05, 4.69) is 18.2 Å². The van der Waals surface area contributed by atoms with Crippen molar-refractivity contribution >= 4 is 11.6 Å². The summed E-state index contributed by atoms with van der Waals surface area (Å²) in [6.45, 7) is 0. The Morgan fingerprint density at radius 3 is 2.36 bits per heavy atom. The number of rotatable bonds is 5. The molecule has 2 fully saturated rings. The molecule has 0 unspecified atom stereocenters. The second kappa shape index (κ2) is 5.44. The molecule has 2 aliphatic carbocycles. The SMILES string of the molecule is N#Cc1ccc(Cc2c(C3CC3)nn(CCl)c2C2CC2)cc1. The second-order valence-electron chi connectivity index (χ2n) is 6.40. The van der Waals surface area contributed by atoms with Gasteiger partial charge < -0.3 is 0 Å². The molecule has 2 saturated carbocycles. The average Bonchev–Trinajstić information content (AvgIpc) is 3.46. The van der Waals surface area contributed by atoms with Gasteiger partial charge in [-0.05, 0) is 43.4 Å². The van der Waals surface area contributed by atoms with Crippen molar-refractivity contribution in [3.63, 3.8) is 0 Å². The fraction of sp³-hybridized carbons (Fsp3) is 0.444. The first-order chi connectivity index (χ1) is 10.8. The normalized spacial score (nSPS) is 17.5. The summed E-state index contributed by atoms with van der Waals surface area (Å²) < 4.78 is 2.02. The summed E-state index contributed by atoms with van der Waals surface area (Å²) in [5, 5.41) is 13.7. The van der Waals surface area contributed by atoms with Crippen molar-refractivity contribution in [2.45, 2.75) is 49.9 Å². The zero-order chi connectivity index (χ0) is 15.1. The van der Waals surface area contributed by atoms with Gasteiger partial charge in [-0.3, -0.25) is 4.68 Å². The molecule has 0 radical (unpaired) electrons. The van der Waals surface area contributed by atoms with E-state index in [4.69, 9.17) is 22.0 Å². The molecule has 22 heavy (non-hydrogen) atoms. The minimum Gasteiger partial charge on any atom is -0.254 e. The Kier molecular flexibility index (Phi) is 3.43. The first-order valence-corrected chi connectivity index (χ1v) is 8.48. The van der Waals surface area contributed by atoms with Crippen LogP contribution < -0.4 is 0 Å². The quantitative estimate of drug-likeness (QED) is 0.773. The molecule has 0 spiro atoms. The van der Waals surface area contributed by atoms with Gasteiger partial charge in [-0.15, -0.1) is 11.6 Å². The average molecular weight is 312 g/mol. The third kappa shape index (κ3) is 2.53. The van der Waals surface area contributed by atoms with E-state index in [-0.39, 0.29) is 0 Å². The van der Waals surface area contributed by atoms with Crippen LogP contribution in [-0.2, 0) is 12.4 Å². The van der Waals surface area contributed by atoms with Crippen molar-refractivity contribution in [3.05, 3.63) is 52.3 Å². The standard InChI is InChI=1S/C18H18ClN3/c19-11-22-18(15-7-8-15)16(17(21-22)14-5-6-14)9-12-1-3-13(10-20)4-2-12/h1-4,14-15H,5-9,11H2. The molecule has 0 aliphatic heterocycles. The van der Waals surface area contributed by atoms with Crippen LogP contribution in [0.2, 0.25) is 0 Å². The summed E-state index contributed by atoms with van der Waals surface area (Å²) in [6, 6.07) is 10.5. The van der Waals surface area contributed by atoms with Crippen LogP contribution in [-0.4, -0.2) is 9.78 Å². The predicted molar refractivity (Wildman–Crippen MR) is 86.0 cm³/mol. The van der Waals surface area contributed by atoms with Crippen molar-refractivity contribution in [2.75, 3.05) is 0 Å².